The Morgan fingerprint density at radius 2 is 1.20 bits per heavy atom. The van der Waals surface area contributed by atoms with Gasteiger partial charge < -0.3 is 4.57 Å². The minimum Gasteiger partial charge on any atom is -0.309 e. The molecule has 6 aromatic carbocycles. The van der Waals surface area contributed by atoms with Crippen molar-refractivity contribution >= 4 is 21.8 Å². The molecule has 0 amide bonds. The van der Waals surface area contributed by atoms with E-state index < -0.39 is 0 Å². The molecular weight excluding hydrogens is 619 g/mol. The highest BCUT2D eigenvalue weighted by atomic mass is 15.1. The highest BCUT2D eigenvalue weighted by Gasteiger charge is 2.24. The van der Waals surface area contributed by atoms with Crippen LogP contribution in [-0.2, 0) is 11.8 Å². The third-order valence-electron chi connectivity index (χ3n) is 10.5. The summed E-state index contributed by atoms with van der Waals surface area (Å²) >= 11 is 0. The largest absolute Gasteiger partial charge is 0.309 e. The first kappa shape index (κ1) is 32.5. The van der Waals surface area contributed by atoms with E-state index in [1.165, 1.54) is 66.3 Å². The molecule has 0 N–H and O–H groups in total. The van der Waals surface area contributed by atoms with Crippen molar-refractivity contribution in [3.63, 3.8) is 0 Å². The summed E-state index contributed by atoms with van der Waals surface area (Å²) < 4.78 is 4.80. The maximum Gasteiger partial charge on any atom is 0.144 e. The molecule has 2 heterocycles. The van der Waals surface area contributed by atoms with Crippen LogP contribution in [0.25, 0.3) is 66.8 Å². The molecule has 0 aliphatic carbocycles. The Kier molecular flexibility index (Phi) is 8.03. The number of hydrogen-bond donors (Lipinski definition) is 0. The van der Waals surface area contributed by atoms with Crippen molar-refractivity contribution in [3.05, 3.63) is 162 Å². The van der Waals surface area contributed by atoms with E-state index in [2.05, 4.69) is 185 Å². The average molecular weight is 664 g/mol. The van der Waals surface area contributed by atoms with Gasteiger partial charge in [-0.05, 0) is 121 Å². The van der Waals surface area contributed by atoms with Crippen LogP contribution in [0.2, 0.25) is 0 Å². The van der Waals surface area contributed by atoms with Gasteiger partial charge in [0.05, 0.1) is 16.7 Å². The molecule has 0 saturated heterocycles. The molecule has 0 spiro atoms. The Labute approximate surface area is 301 Å². The number of hydrogen-bond acceptors (Lipinski definition) is 1. The molecule has 51 heavy (non-hydrogen) atoms. The molecule has 0 saturated carbocycles. The Morgan fingerprint density at radius 3 is 1.78 bits per heavy atom. The molecule has 0 aliphatic rings. The van der Waals surface area contributed by atoms with E-state index in [1.54, 1.807) is 0 Å². The topological polar surface area (TPSA) is 22.8 Å². The summed E-state index contributed by atoms with van der Waals surface area (Å²) in [4.78, 5) is 5.09. The van der Waals surface area contributed by atoms with Crippen LogP contribution in [0.5, 0.6) is 0 Å². The minimum absolute atomic E-state index is 0.0315. The predicted molar refractivity (Wildman–Crippen MR) is 216 cm³/mol. The van der Waals surface area contributed by atoms with Crippen LogP contribution in [0.3, 0.4) is 0 Å². The molecule has 8 aromatic rings. The van der Waals surface area contributed by atoms with Gasteiger partial charge in [-0.1, -0.05) is 100 Å². The Balaban J connectivity index is 1.34. The lowest BCUT2D eigenvalue weighted by Crippen LogP contribution is -2.13. The van der Waals surface area contributed by atoms with Gasteiger partial charge in [0, 0.05) is 45.0 Å². The molecule has 0 radical (unpaired) electrons. The van der Waals surface area contributed by atoms with Crippen LogP contribution in [-0.4, -0.2) is 14.1 Å². The Bertz CT molecular complexity index is 2480. The molecule has 252 valence electrons. The molecular formula is C48H45N3. The number of fused-ring (bicyclic) bond motifs is 3. The lowest BCUT2D eigenvalue weighted by atomic mass is 9.82. The normalized spacial score (nSPS) is 11.9. The first-order valence-corrected chi connectivity index (χ1v) is 18.1. The number of imidazole rings is 1. The number of aromatic nitrogens is 3. The summed E-state index contributed by atoms with van der Waals surface area (Å²) in [5.74, 6) is 0.929. The van der Waals surface area contributed by atoms with E-state index in [-0.39, 0.29) is 5.41 Å². The number of benzene rings is 6. The van der Waals surface area contributed by atoms with Crippen molar-refractivity contribution in [1.29, 1.82) is 0 Å². The molecule has 0 bridgehead atoms. The average Bonchev–Trinajstić information content (AvgIpc) is 3.67. The van der Waals surface area contributed by atoms with Crippen LogP contribution >= 0.6 is 0 Å². The van der Waals surface area contributed by atoms with E-state index in [1.807, 2.05) is 6.20 Å². The van der Waals surface area contributed by atoms with Crippen molar-refractivity contribution in [2.45, 2.75) is 60.3 Å². The van der Waals surface area contributed by atoms with Crippen LogP contribution < -0.4 is 0 Å². The maximum atomic E-state index is 5.09. The maximum absolute atomic E-state index is 5.09. The Morgan fingerprint density at radius 1 is 0.588 bits per heavy atom. The lowest BCUT2D eigenvalue weighted by Gasteiger charge is -2.26. The van der Waals surface area contributed by atoms with E-state index in [4.69, 9.17) is 4.98 Å². The Hall–Kier alpha value is -5.67. The zero-order valence-electron chi connectivity index (χ0n) is 30.8. The minimum atomic E-state index is -0.0315. The van der Waals surface area contributed by atoms with Gasteiger partial charge in [0.25, 0.3) is 0 Å². The van der Waals surface area contributed by atoms with Crippen molar-refractivity contribution in [2.24, 2.45) is 0 Å². The molecule has 0 fully saturated rings. The van der Waals surface area contributed by atoms with Crippen molar-refractivity contribution in [1.82, 2.24) is 14.1 Å². The first-order valence-electron chi connectivity index (χ1n) is 18.1. The number of nitrogens with zero attached hydrogens (tertiary/aromatic N) is 3. The summed E-state index contributed by atoms with van der Waals surface area (Å²) in [6.07, 6.45) is 3.03. The molecule has 0 atom stereocenters. The molecule has 3 heteroatoms. The fourth-order valence-corrected chi connectivity index (χ4v) is 7.65. The van der Waals surface area contributed by atoms with Crippen LogP contribution in [0.1, 0.15) is 55.6 Å². The monoisotopic (exact) mass is 663 g/mol. The van der Waals surface area contributed by atoms with E-state index >= 15 is 0 Å². The van der Waals surface area contributed by atoms with E-state index in [0.29, 0.717) is 0 Å². The van der Waals surface area contributed by atoms with E-state index in [0.717, 1.165) is 34.9 Å². The van der Waals surface area contributed by atoms with Crippen molar-refractivity contribution in [2.75, 3.05) is 0 Å². The summed E-state index contributed by atoms with van der Waals surface area (Å²) in [7, 11) is 0. The van der Waals surface area contributed by atoms with Crippen LogP contribution in [0.15, 0.2) is 134 Å². The molecule has 0 aliphatic heterocycles. The second-order valence-corrected chi connectivity index (χ2v) is 15.0. The smallest absolute Gasteiger partial charge is 0.144 e. The zero-order chi connectivity index (χ0) is 35.4. The molecule has 8 rings (SSSR count). The second-order valence-electron chi connectivity index (χ2n) is 15.0. The highest BCUT2D eigenvalue weighted by Crippen LogP contribution is 2.42. The van der Waals surface area contributed by atoms with E-state index in [9.17, 15) is 0 Å². The molecule has 0 unspecified atom stereocenters. The van der Waals surface area contributed by atoms with Crippen molar-refractivity contribution in [3.8, 4) is 45.0 Å². The summed E-state index contributed by atoms with van der Waals surface area (Å²) in [5, 5.41) is 2.60. The third-order valence-corrected chi connectivity index (χ3v) is 10.5. The number of rotatable bonds is 6. The standard InChI is InChI=1S/C48H45N3/c1-8-34-27-43-40-24-19-31(2)25-44(40)51(45(43)26-32(34)3)39-22-20-37(21-23-39)47-49-30-33(4)50(47)46-41(35-15-11-9-12-16-35)28-38(48(5,6)7)29-42(46)36-17-13-10-14-18-36/h9-30H,8H2,1-7H3. The second kappa shape index (κ2) is 12.6. The van der Waals surface area contributed by atoms with Gasteiger partial charge in [0.15, 0.2) is 0 Å². The third kappa shape index (κ3) is 5.67. The summed E-state index contributed by atoms with van der Waals surface area (Å²) in [5.41, 5.74) is 17.0. The lowest BCUT2D eigenvalue weighted by molar-refractivity contribution is 0.590. The van der Waals surface area contributed by atoms with Crippen molar-refractivity contribution < 1.29 is 0 Å². The van der Waals surface area contributed by atoms with Gasteiger partial charge in [-0.2, -0.15) is 0 Å². The van der Waals surface area contributed by atoms with Crippen LogP contribution in [0.4, 0.5) is 0 Å². The van der Waals surface area contributed by atoms with Gasteiger partial charge in [0.2, 0.25) is 0 Å². The van der Waals surface area contributed by atoms with Gasteiger partial charge in [-0.15, -0.1) is 0 Å². The molecule has 2 aromatic heterocycles. The van der Waals surface area contributed by atoms with Gasteiger partial charge in [0.1, 0.15) is 5.82 Å². The molecule has 3 nitrogen and oxygen atoms in total. The first-order chi connectivity index (χ1) is 24.6. The SMILES string of the molecule is CCc1cc2c3ccc(C)cc3n(-c3ccc(-c4ncc(C)n4-c4c(-c5ccccc5)cc(C(C)(C)C)cc4-c4ccccc4)cc3)c2cc1C. The number of aryl methyl sites for hydroxylation is 4. The van der Waals surface area contributed by atoms with Gasteiger partial charge >= 0.3 is 0 Å². The predicted octanol–water partition coefficient (Wildman–Crippen LogP) is 12.8. The van der Waals surface area contributed by atoms with Gasteiger partial charge in [-0.25, -0.2) is 4.98 Å². The van der Waals surface area contributed by atoms with Crippen LogP contribution in [0, 0.1) is 20.8 Å². The highest BCUT2D eigenvalue weighted by molar-refractivity contribution is 6.10. The fraction of sp³-hybridized carbons (Fsp3) is 0.188. The summed E-state index contributed by atoms with van der Waals surface area (Å²) in [6, 6.07) is 46.9. The zero-order valence-corrected chi connectivity index (χ0v) is 30.8. The van der Waals surface area contributed by atoms with Gasteiger partial charge in [-0.3, -0.25) is 4.57 Å². The summed E-state index contributed by atoms with van der Waals surface area (Å²) in [6.45, 7) is 15.7. The fourth-order valence-electron chi connectivity index (χ4n) is 7.65. The quantitative estimate of drug-likeness (QED) is 0.174.